The van der Waals surface area contributed by atoms with Gasteiger partial charge < -0.3 is 11.1 Å². The van der Waals surface area contributed by atoms with E-state index in [4.69, 9.17) is 5.73 Å². The maximum Gasteiger partial charge on any atom is 0.232 e. The van der Waals surface area contributed by atoms with Gasteiger partial charge in [0.05, 0.1) is 0 Å². The quantitative estimate of drug-likeness (QED) is 0.641. The summed E-state index contributed by atoms with van der Waals surface area (Å²) in [5.74, 6) is 1.45. The summed E-state index contributed by atoms with van der Waals surface area (Å²) < 4.78 is 11.5. The van der Waals surface area contributed by atoms with Crippen LogP contribution in [0.4, 0.5) is 0 Å². The zero-order valence-electron chi connectivity index (χ0n) is 9.20. The Kier molecular flexibility index (Phi) is 5.25. The molecule has 0 heterocycles. The van der Waals surface area contributed by atoms with Crippen molar-refractivity contribution in [1.29, 1.82) is 0 Å². The van der Waals surface area contributed by atoms with Crippen LogP contribution in [0.5, 0.6) is 0 Å². The van der Waals surface area contributed by atoms with E-state index in [2.05, 4.69) is 5.32 Å². The number of hydrogen-bond acceptors (Lipinski definition) is 3. The lowest BCUT2D eigenvalue weighted by Crippen LogP contribution is -2.31. The minimum atomic E-state index is -1.07. The molecule has 1 rings (SSSR count). The summed E-state index contributed by atoms with van der Waals surface area (Å²) >= 11 is 0. The summed E-state index contributed by atoms with van der Waals surface area (Å²) in [5.41, 5.74) is 5.42. The Morgan fingerprint density at radius 3 is 2.80 bits per heavy atom. The van der Waals surface area contributed by atoms with Crippen LogP contribution in [0.1, 0.15) is 19.8 Å². The van der Waals surface area contributed by atoms with Crippen molar-refractivity contribution in [3.8, 4) is 0 Å². The molecule has 4 nitrogen and oxygen atoms in total. The maximum atomic E-state index is 11.5. The summed E-state index contributed by atoms with van der Waals surface area (Å²) in [6, 6.07) is 0. The first kappa shape index (κ1) is 12.6. The van der Waals surface area contributed by atoms with Crippen LogP contribution >= 0.6 is 0 Å². The predicted octanol–water partition coefficient (Wildman–Crippen LogP) is -0.144. The molecule has 5 heteroatoms. The van der Waals surface area contributed by atoms with Gasteiger partial charge in [0.1, 0.15) is 5.75 Å². The van der Waals surface area contributed by atoms with Crippen molar-refractivity contribution >= 4 is 16.7 Å². The van der Waals surface area contributed by atoms with E-state index >= 15 is 0 Å². The molecule has 1 fully saturated rings. The average Bonchev–Trinajstić information content (AvgIpc) is 2.97. The summed E-state index contributed by atoms with van der Waals surface area (Å²) in [6.07, 6.45) is 2.43. The molecule has 15 heavy (non-hydrogen) atoms. The fourth-order valence-electron chi connectivity index (χ4n) is 1.22. The van der Waals surface area contributed by atoms with Crippen molar-refractivity contribution < 1.29 is 9.00 Å². The van der Waals surface area contributed by atoms with Gasteiger partial charge in [-0.1, -0.05) is 6.92 Å². The number of hydrogen-bond donors (Lipinski definition) is 2. The van der Waals surface area contributed by atoms with Gasteiger partial charge in [-0.3, -0.25) is 9.00 Å². The molecule has 0 aromatic rings. The number of amides is 1. The molecule has 1 aliphatic rings. The highest BCUT2D eigenvalue weighted by Crippen LogP contribution is 2.27. The molecule has 3 N–H and O–H groups in total. The minimum Gasteiger partial charge on any atom is -0.355 e. The van der Waals surface area contributed by atoms with Crippen molar-refractivity contribution in [3.05, 3.63) is 0 Å². The van der Waals surface area contributed by atoms with Crippen LogP contribution in [0.15, 0.2) is 0 Å². The van der Waals surface area contributed by atoms with Crippen LogP contribution in [0.2, 0.25) is 0 Å². The van der Waals surface area contributed by atoms with Crippen molar-refractivity contribution in [2.45, 2.75) is 19.8 Å². The topological polar surface area (TPSA) is 72.2 Å². The molecule has 88 valence electrons. The second kappa shape index (κ2) is 6.23. The monoisotopic (exact) mass is 232 g/mol. The van der Waals surface area contributed by atoms with E-state index in [1.54, 1.807) is 0 Å². The van der Waals surface area contributed by atoms with Crippen LogP contribution in [-0.4, -0.2) is 34.7 Å². The van der Waals surface area contributed by atoms with E-state index in [1.165, 1.54) is 12.8 Å². The Bertz CT molecular complexity index is 242. The molecular weight excluding hydrogens is 212 g/mol. The fraction of sp³-hybridized carbons (Fsp3) is 0.900. The van der Waals surface area contributed by atoms with E-state index in [0.717, 1.165) is 6.54 Å². The van der Waals surface area contributed by atoms with Gasteiger partial charge in [-0.25, -0.2) is 0 Å². The lowest BCUT2D eigenvalue weighted by molar-refractivity contribution is -0.118. The molecule has 0 spiro atoms. The number of carbonyl (C=O) groups excluding carboxylic acids is 1. The van der Waals surface area contributed by atoms with Gasteiger partial charge in [-0.2, -0.15) is 0 Å². The smallest absolute Gasteiger partial charge is 0.232 e. The zero-order valence-corrected chi connectivity index (χ0v) is 10.0. The third-order valence-corrected chi connectivity index (χ3v) is 3.97. The maximum absolute atomic E-state index is 11.5. The summed E-state index contributed by atoms with van der Waals surface area (Å²) in [6.45, 7) is 3.22. The van der Waals surface area contributed by atoms with Crippen molar-refractivity contribution in [2.75, 3.05) is 24.6 Å². The van der Waals surface area contributed by atoms with Gasteiger partial charge in [0.25, 0.3) is 0 Å². The number of nitrogens with two attached hydrogens (primary N) is 1. The van der Waals surface area contributed by atoms with Crippen molar-refractivity contribution in [2.24, 2.45) is 17.6 Å². The SMILES string of the molecule is CC(CN)CS(=O)CC(=O)NCC1CC1. The molecule has 2 atom stereocenters. The molecule has 0 saturated heterocycles. The molecule has 0 aromatic carbocycles. The Labute approximate surface area is 93.4 Å². The second-order valence-corrected chi connectivity index (χ2v) is 5.84. The lowest BCUT2D eigenvalue weighted by Gasteiger charge is -2.08. The number of rotatable bonds is 7. The summed E-state index contributed by atoms with van der Waals surface area (Å²) in [5, 5.41) is 2.80. The van der Waals surface area contributed by atoms with Gasteiger partial charge in [0.15, 0.2) is 0 Å². The van der Waals surface area contributed by atoms with Gasteiger partial charge >= 0.3 is 0 Å². The second-order valence-electron chi connectivity index (χ2n) is 4.34. The number of carbonyl (C=O) groups is 1. The van der Waals surface area contributed by atoms with E-state index in [9.17, 15) is 9.00 Å². The largest absolute Gasteiger partial charge is 0.355 e. The van der Waals surface area contributed by atoms with Crippen LogP contribution in [0.25, 0.3) is 0 Å². The molecule has 0 aliphatic heterocycles. The first-order chi connectivity index (χ1) is 7.11. The Hall–Kier alpha value is -0.420. The molecular formula is C10H20N2O2S. The zero-order chi connectivity index (χ0) is 11.3. The molecule has 1 saturated carbocycles. The standard InChI is InChI=1S/C10H20N2O2S/c1-8(4-11)6-15(14)7-10(13)12-5-9-2-3-9/h8-9H,2-7,11H2,1H3,(H,12,13). The average molecular weight is 232 g/mol. The van der Waals surface area contributed by atoms with Gasteiger partial charge in [-0.05, 0) is 31.2 Å². The van der Waals surface area contributed by atoms with E-state index < -0.39 is 10.8 Å². The van der Waals surface area contributed by atoms with E-state index in [1.807, 2.05) is 6.92 Å². The minimum absolute atomic E-state index is 0.0931. The first-order valence-electron chi connectivity index (χ1n) is 5.43. The normalized spacial score (nSPS) is 19.6. The van der Waals surface area contributed by atoms with E-state index in [0.29, 0.717) is 18.2 Å². The Morgan fingerprint density at radius 1 is 1.60 bits per heavy atom. The lowest BCUT2D eigenvalue weighted by atomic mass is 10.2. The highest BCUT2D eigenvalue weighted by molar-refractivity contribution is 7.85. The first-order valence-corrected chi connectivity index (χ1v) is 6.92. The summed E-state index contributed by atoms with van der Waals surface area (Å²) in [4.78, 5) is 11.3. The van der Waals surface area contributed by atoms with Crippen LogP contribution in [0.3, 0.4) is 0 Å². The Balaban J connectivity index is 2.09. The third kappa shape index (κ3) is 5.89. The van der Waals surface area contributed by atoms with Crippen molar-refractivity contribution in [1.82, 2.24) is 5.32 Å². The molecule has 1 aliphatic carbocycles. The highest BCUT2D eigenvalue weighted by atomic mass is 32.2. The fourth-order valence-corrected chi connectivity index (χ4v) is 2.50. The van der Waals surface area contributed by atoms with Gasteiger partial charge in [0, 0.05) is 23.1 Å². The molecule has 0 aromatic heterocycles. The predicted molar refractivity (Wildman–Crippen MR) is 61.8 cm³/mol. The third-order valence-electron chi connectivity index (χ3n) is 2.45. The van der Waals surface area contributed by atoms with Gasteiger partial charge in [-0.15, -0.1) is 0 Å². The van der Waals surface area contributed by atoms with Crippen LogP contribution in [0, 0.1) is 11.8 Å². The summed E-state index contributed by atoms with van der Waals surface area (Å²) in [7, 11) is -1.07. The Morgan fingerprint density at radius 2 is 2.27 bits per heavy atom. The van der Waals surface area contributed by atoms with Crippen LogP contribution < -0.4 is 11.1 Å². The highest BCUT2D eigenvalue weighted by Gasteiger charge is 2.22. The van der Waals surface area contributed by atoms with Crippen LogP contribution in [-0.2, 0) is 15.6 Å². The molecule has 1 amide bonds. The van der Waals surface area contributed by atoms with Gasteiger partial charge in [0.2, 0.25) is 5.91 Å². The molecule has 0 radical (unpaired) electrons. The number of nitrogens with one attached hydrogen (secondary N) is 1. The van der Waals surface area contributed by atoms with E-state index in [-0.39, 0.29) is 17.6 Å². The molecule has 0 bridgehead atoms. The molecule has 2 unspecified atom stereocenters. The van der Waals surface area contributed by atoms with Crippen molar-refractivity contribution in [3.63, 3.8) is 0 Å².